The van der Waals surface area contributed by atoms with Crippen LogP contribution in [0, 0.1) is 0 Å². The van der Waals surface area contributed by atoms with Crippen LogP contribution >= 0.6 is 0 Å². The Kier molecular flexibility index (Phi) is 5.35. The number of hydrogen-bond acceptors (Lipinski definition) is 3. The Morgan fingerprint density at radius 2 is 1.84 bits per heavy atom. The average Bonchev–Trinajstić information content (AvgIpc) is 3.08. The zero-order valence-electron chi connectivity index (χ0n) is 14.9. The highest BCUT2D eigenvalue weighted by Gasteiger charge is 2.34. The molecule has 3 heteroatoms. The second-order valence-electron chi connectivity index (χ2n) is 7.59. The largest absolute Gasteiger partial charge is 0.392 e. The lowest BCUT2D eigenvalue weighted by molar-refractivity contribution is -0.0315. The molecule has 0 radical (unpaired) electrons. The third kappa shape index (κ3) is 3.89. The monoisotopic (exact) mass is 339 g/mol. The van der Waals surface area contributed by atoms with Crippen molar-refractivity contribution in [3.63, 3.8) is 0 Å². The van der Waals surface area contributed by atoms with Gasteiger partial charge >= 0.3 is 0 Å². The van der Waals surface area contributed by atoms with Crippen molar-refractivity contribution in [3.05, 3.63) is 48.0 Å². The molecule has 1 aliphatic heterocycles. The SMILES string of the molecule is O[C@H]1CCN([C@H]2CCCC[C@H]2OCCc2cccc3ccccc23)C1. The number of ether oxygens (including phenoxy) is 1. The molecule has 0 spiro atoms. The number of rotatable bonds is 5. The van der Waals surface area contributed by atoms with Gasteiger partial charge in [0.05, 0.1) is 18.8 Å². The summed E-state index contributed by atoms with van der Waals surface area (Å²) in [7, 11) is 0. The normalized spacial score (nSPS) is 27.8. The minimum absolute atomic E-state index is 0.141. The molecule has 3 nitrogen and oxygen atoms in total. The third-order valence-electron chi connectivity index (χ3n) is 5.91. The molecule has 25 heavy (non-hydrogen) atoms. The molecule has 0 unspecified atom stereocenters. The van der Waals surface area contributed by atoms with E-state index in [4.69, 9.17) is 4.74 Å². The molecule has 1 saturated carbocycles. The fourth-order valence-electron chi connectivity index (χ4n) is 4.59. The van der Waals surface area contributed by atoms with E-state index in [-0.39, 0.29) is 6.10 Å². The van der Waals surface area contributed by atoms with Crippen LogP contribution in [0.4, 0.5) is 0 Å². The third-order valence-corrected chi connectivity index (χ3v) is 5.91. The number of aliphatic hydroxyl groups is 1. The highest BCUT2D eigenvalue weighted by Crippen LogP contribution is 2.28. The fraction of sp³-hybridized carbons (Fsp3) is 0.545. The molecule has 134 valence electrons. The van der Waals surface area contributed by atoms with Crippen molar-refractivity contribution >= 4 is 10.8 Å². The summed E-state index contributed by atoms with van der Waals surface area (Å²) in [4.78, 5) is 2.46. The molecule has 0 aromatic heterocycles. The van der Waals surface area contributed by atoms with Gasteiger partial charge < -0.3 is 9.84 Å². The second-order valence-corrected chi connectivity index (χ2v) is 7.59. The molecular weight excluding hydrogens is 310 g/mol. The maximum absolute atomic E-state index is 9.86. The van der Waals surface area contributed by atoms with Gasteiger partial charge in [0.1, 0.15) is 0 Å². The van der Waals surface area contributed by atoms with Gasteiger partial charge in [0.15, 0.2) is 0 Å². The number of β-amino-alcohol motifs (C(OH)–C–C–N with tert-alkyl or cyclic N) is 1. The number of likely N-dealkylation sites (tertiary alicyclic amines) is 1. The summed E-state index contributed by atoms with van der Waals surface area (Å²) in [5, 5.41) is 12.5. The Labute approximate surface area is 150 Å². The minimum atomic E-state index is -0.141. The van der Waals surface area contributed by atoms with Crippen molar-refractivity contribution in [2.45, 2.75) is 56.8 Å². The molecular formula is C22H29NO2. The van der Waals surface area contributed by atoms with E-state index in [9.17, 15) is 5.11 Å². The maximum Gasteiger partial charge on any atom is 0.0730 e. The van der Waals surface area contributed by atoms with Crippen LogP contribution in [0.3, 0.4) is 0 Å². The van der Waals surface area contributed by atoms with E-state index >= 15 is 0 Å². The second kappa shape index (κ2) is 7.86. The van der Waals surface area contributed by atoms with Gasteiger partial charge in [-0.05, 0) is 42.0 Å². The van der Waals surface area contributed by atoms with E-state index in [1.807, 2.05) is 0 Å². The summed E-state index contributed by atoms with van der Waals surface area (Å²) >= 11 is 0. The molecule has 2 aromatic carbocycles. The lowest BCUT2D eigenvalue weighted by Gasteiger charge is -2.37. The molecule has 2 aliphatic rings. The van der Waals surface area contributed by atoms with Crippen LogP contribution in [0.1, 0.15) is 37.7 Å². The van der Waals surface area contributed by atoms with Crippen molar-refractivity contribution in [3.8, 4) is 0 Å². The van der Waals surface area contributed by atoms with E-state index in [0.717, 1.165) is 39.0 Å². The molecule has 1 heterocycles. The first-order valence-corrected chi connectivity index (χ1v) is 9.81. The van der Waals surface area contributed by atoms with Gasteiger partial charge in [0.25, 0.3) is 0 Å². The van der Waals surface area contributed by atoms with Crippen LogP contribution in [-0.2, 0) is 11.2 Å². The fourth-order valence-corrected chi connectivity index (χ4v) is 4.59. The van der Waals surface area contributed by atoms with Gasteiger partial charge in [-0.3, -0.25) is 4.90 Å². The lowest BCUT2D eigenvalue weighted by atomic mass is 9.91. The van der Waals surface area contributed by atoms with Gasteiger partial charge in [-0.1, -0.05) is 55.3 Å². The molecule has 4 rings (SSSR count). The van der Waals surface area contributed by atoms with Crippen LogP contribution in [-0.4, -0.2) is 48.0 Å². The lowest BCUT2D eigenvalue weighted by Crippen LogP contribution is -2.46. The Balaban J connectivity index is 1.38. The smallest absolute Gasteiger partial charge is 0.0730 e. The van der Waals surface area contributed by atoms with Crippen molar-refractivity contribution in [2.24, 2.45) is 0 Å². The summed E-state index contributed by atoms with van der Waals surface area (Å²) in [5.74, 6) is 0. The molecule has 1 N–H and O–H groups in total. The molecule has 1 aliphatic carbocycles. The van der Waals surface area contributed by atoms with E-state index in [1.54, 1.807) is 0 Å². The predicted molar refractivity (Wildman–Crippen MR) is 102 cm³/mol. The van der Waals surface area contributed by atoms with E-state index in [1.165, 1.54) is 35.6 Å². The average molecular weight is 339 g/mol. The van der Waals surface area contributed by atoms with E-state index in [2.05, 4.69) is 47.4 Å². The summed E-state index contributed by atoms with van der Waals surface area (Å²) in [5.41, 5.74) is 1.38. The Morgan fingerprint density at radius 1 is 1.00 bits per heavy atom. The highest BCUT2D eigenvalue weighted by molar-refractivity contribution is 5.85. The maximum atomic E-state index is 9.86. The van der Waals surface area contributed by atoms with Gasteiger partial charge in [0, 0.05) is 19.1 Å². The summed E-state index contributed by atoms with van der Waals surface area (Å²) in [6.07, 6.45) is 7.00. The molecule has 3 atom stereocenters. The topological polar surface area (TPSA) is 32.7 Å². The van der Waals surface area contributed by atoms with Crippen LogP contribution in [0.5, 0.6) is 0 Å². The molecule has 0 bridgehead atoms. The summed E-state index contributed by atoms with van der Waals surface area (Å²) in [6.45, 7) is 2.63. The van der Waals surface area contributed by atoms with Crippen LogP contribution in [0.25, 0.3) is 10.8 Å². The van der Waals surface area contributed by atoms with Gasteiger partial charge in [-0.2, -0.15) is 0 Å². The standard InChI is InChI=1S/C22H29NO2/c24-19-12-14-23(16-19)21-10-3-4-11-22(21)25-15-13-18-8-5-7-17-6-1-2-9-20(17)18/h1-2,5-9,19,21-22,24H,3-4,10-16H2/t19-,21-,22+/m0/s1. The van der Waals surface area contributed by atoms with Crippen molar-refractivity contribution in [1.29, 1.82) is 0 Å². The first kappa shape index (κ1) is 17.0. The number of aliphatic hydroxyl groups excluding tert-OH is 1. The number of hydrogen-bond donors (Lipinski definition) is 1. The Hall–Kier alpha value is -1.42. The highest BCUT2D eigenvalue weighted by atomic mass is 16.5. The first-order chi connectivity index (χ1) is 12.3. The zero-order valence-corrected chi connectivity index (χ0v) is 14.9. The zero-order chi connectivity index (χ0) is 17.1. The van der Waals surface area contributed by atoms with Crippen LogP contribution in [0.15, 0.2) is 42.5 Å². The number of benzene rings is 2. The number of nitrogens with zero attached hydrogens (tertiary/aromatic N) is 1. The number of fused-ring (bicyclic) bond motifs is 1. The van der Waals surface area contributed by atoms with Crippen LogP contribution < -0.4 is 0 Å². The molecule has 2 fully saturated rings. The Bertz CT molecular complexity index is 696. The van der Waals surface area contributed by atoms with Gasteiger partial charge in [-0.25, -0.2) is 0 Å². The molecule has 2 aromatic rings. The molecule has 0 amide bonds. The van der Waals surface area contributed by atoms with Gasteiger partial charge in [0.2, 0.25) is 0 Å². The van der Waals surface area contributed by atoms with Crippen molar-refractivity contribution < 1.29 is 9.84 Å². The Morgan fingerprint density at radius 3 is 2.72 bits per heavy atom. The van der Waals surface area contributed by atoms with Crippen molar-refractivity contribution in [1.82, 2.24) is 4.90 Å². The first-order valence-electron chi connectivity index (χ1n) is 9.81. The van der Waals surface area contributed by atoms with Gasteiger partial charge in [-0.15, -0.1) is 0 Å². The van der Waals surface area contributed by atoms with Crippen LogP contribution in [0.2, 0.25) is 0 Å². The quantitative estimate of drug-likeness (QED) is 0.900. The summed E-state index contributed by atoms with van der Waals surface area (Å²) in [6, 6.07) is 15.6. The minimum Gasteiger partial charge on any atom is -0.392 e. The molecule has 1 saturated heterocycles. The van der Waals surface area contributed by atoms with E-state index in [0.29, 0.717) is 12.1 Å². The van der Waals surface area contributed by atoms with Crippen molar-refractivity contribution in [2.75, 3.05) is 19.7 Å². The van der Waals surface area contributed by atoms with E-state index < -0.39 is 0 Å². The predicted octanol–water partition coefficient (Wildman–Crippen LogP) is 3.78. The summed E-state index contributed by atoms with van der Waals surface area (Å²) < 4.78 is 6.37.